The van der Waals surface area contributed by atoms with Crippen molar-refractivity contribution in [3.05, 3.63) is 18.2 Å². The maximum atomic E-state index is 11.8. The number of benzene rings is 1. The SMILES string of the molecule is CCOc1c(OC)cccc1S(=O)(=O)CC. The van der Waals surface area contributed by atoms with Crippen LogP contribution in [0.4, 0.5) is 0 Å². The third kappa shape index (κ3) is 2.47. The third-order valence-corrected chi connectivity index (χ3v) is 3.92. The van der Waals surface area contributed by atoms with E-state index in [1.807, 2.05) is 0 Å². The smallest absolute Gasteiger partial charge is 0.181 e. The first-order valence-corrected chi connectivity index (χ1v) is 6.74. The van der Waals surface area contributed by atoms with Crippen molar-refractivity contribution in [3.8, 4) is 11.5 Å². The number of hydrogen-bond acceptors (Lipinski definition) is 4. The fourth-order valence-electron chi connectivity index (χ4n) is 1.34. The maximum Gasteiger partial charge on any atom is 0.181 e. The van der Waals surface area contributed by atoms with E-state index in [4.69, 9.17) is 9.47 Å². The van der Waals surface area contributed by atoms with Gasteiger partial charge in [-0.1, -0.05) is 13.0 Å². The van der Waals surface area contributed by atoms with Gasteiger partial charge in [0.15, 0.2) is 21.3 Å². The van der Waals surface area contributed by atoms with E-state index in [0.29, 0.717) is 18.1 Å². The van der Waals surface area contributed by atoms with Gasteiger partial charge in [0.2, 0.25) is 0 Å². The third-order valence-electron chi connectivity index (χ3n) is 2.17. The summed E-state index contributed by atoms with van der Waals surface area (Å²) in [5.74, 6) is 0.783. The minimum Gasteiger partial charge on any atom is -0.493 e. The lowest BCUT2D eigenvalue weighted by atomic mass is 10.3. The van der Waals surface area contributed by atoms with Gasteiger partial charge in [-0.3, -0.25) is 0 Å². The lowest BCUT2D eigenvalue weighted by Crippen LogP contribution is -2.08. The number of ether oxygens (including phenoxy) is 2. The summed E-state index contributed by atoms with van der Waals surface area (Å²) in [5, 5.41) is 0. The van der Waals surface area contributed by atoms with Crippen LogP contribution in [-0.4, -0.2) is 27.9 Å². The van der Waals surface area contributed by atoms with Crippen LogP contribution >= 0.6 is 0 Å². The number of sulfone groups is 1. The van der Waals surface area contributed by atoms with Crippen molar-refractivity contribution < 1.29 is 17.9 Å². The topological polar surface area (TPSA) is 52.6 Å². The Hall–Kier alpha value is -1.23. The molecule has 0 N–H and O–H groups in total. The van der Waals surface area contributed by atoms with Crippen LogP contribution in [0, 0.1) is 0 Å². The molecule has 0 radical (unpaired) electrons. The predicted octanol–water partition coefficient (Wildman–Crippen LogP) is 1.89. The summed E-state index contributed by atoms with van der Waals surface area (Å²) < 4.78 is 34.1. The fourth-order valence-corrected chi connectivity index (χ4v) is 2.38. The van der Waals surface area contributed by atoms with Gasteiger partial charge >= 0.3 is 0 Å². The molecule has 0 saturated heterocycles. The zero-order chi connectivity index (χ0) is 12.2. The molecule has 0 aliphatic heterocycles. The van der Waals surface area contributed by atoms with Crippen molar-refractivity contribution in [1.82, 2.24) is 0 Å². The summed E-state index contributed by atoms with van der Waals surface area (Å²) in [5.41, 5.74) is 0. The van der Waals surface area contributed by atoms with Crippen LogP contribution in [-0.2, 0) is 9.84 Å². The Balaban J connectivity index is 3.38. The zero-order valence-electron chi connectivity index (χ0n) is 9.69. The van der Waals surface area contributed by atoms with Gasteiger partial charge in [0, 0.05) is 0 Å². The van der Waals surface area contributed by atoms with E-state index in [1.54, 1.807) is 26.0 Å². The van der Waals surface area contributed by atoms with Crippen molar-refractivity contribution in [3.63, 3.8) is 0 Å². The highest BCUT2D eigenvalue weighted by atomic mass is 32.2. The molecule has 0 fully saturated rings. The summed E-state index contributed by atoms with van der Waals surface area (Å²) in [6.45, 7) is 3.80. The predicted molar refractivity (Wildman–Crippen MR) is 61.9 cm³/mol. The first-order chi connectivity index (χ1) is 7.56. The van der Waals surface area contributed by atoms with Crippen molar-refractivity contribution in [2.24, 2.45) is 0 Å². The van der Waals surface area contributed by atoms with E-state index in [9.17, 15) is 8.42 Å². The van der Waals surface area contributed by atoms with E-state index < -0.39 is 9.84 Å². The summed E-state index contributed by atoms with van der Waals surface area (Å²) >= 11 is 0. The highest BCUT2D eigenvalue weighted by Gasteiger charge is 2.20. The van der Waals surface area contributed by atoms with Crippen molar-refractivity contribution in [2.75, 3.05) is 19.5 Å². The summed E-state index contributed by atoms with van der Waals surface area (Å²) in [7, 11) is -1.80. The molecule has 1 aromatic rings. The zero-order valence-corrected chi connectivity index (χ0v) is 10.5. The standard InChI is InChI=1S/C11H16O4S/c1-4-15-11-9(14-3)7-6-8-10(11)16(12,13)5-2/h6-8H,4-5H2,1-3H3. The second-order valence-corrected chi connectivity index (χ2v) is 5.37. The first kappa shape index (κ1) is 12.8. The lowest BCUT2D eigenvalue weighted by Gasteiger charge is -2.13. The summed E-state index contributed by atoms with van der Waals surface area (Å²) in [4.78, 5) is 0.191. The average molecular weight is 244 g/mol. The van der Waals surface area contributed by atoms with E-state index in [-0.39, 0.29) is 10.6 Å². The number of methoxy groups -OCH3 is 1. The largest absolute Gasteiger partial charge is 0.493 e. The van der Waals surface area contributed by atoms with Crippen LogP contribution in [0.25, 0.3) is 0 Å². The Bertz CT molecular complexity index is 451. The van der Waals surface area contributed by atoms with Gasteiger partial charge in [-0.15, -0.1) is 0 Å². The lowest BCUT2D eigenvalue weighted by molar-refractivity contribution is 0.302. The van der Waals surface area contributed by atoms with E-state index in [1.165, 1.54) is 13.2 Å². The molecule has 0 atom stereocenters. The Morgan fingerprint density at radius 2 is 1.94 bits per heavy atom. The van der Waals surface area contributed by atoms with Gasteiger partial charge in [0.1, 0.15) is 4.90 Å². The Labute approximate surface area is 96.1 Å². The van der Waals surface area contributed by atoms with Gasteiger partial charge in [0.05, 0.1) is 19.5 Å². The molecule has 16 heavy (non-hydrogen) atoms. The van der Waals surface area contributed by atoms with Gasteiger partial charge in [0.25, 0.3) is 0 Å². The fraction of sp³-hybridized carbons (Fsp3) is 0.455. The molecule has 0 bridgehead atoms. The minimum atomic E-state index is -3.29. The van der Waals surface area contributed by atoms with Crippen molar-refractivity contribution >= 4 is 9.84 Å². The molecule has 0 aliphatic carbocycles. The Kier molecular flexibility index (Phi) is 4.18. The number of para-hydroxylation sites is 1. The van der Waals surface area contributed by atoms with E-state index >= 15 is 0 Å². The molecule has 90 valence electrons. The number of hydrogen-bond donors (Lipinski definition) is 0. The van der Waals surface area contributed by atoms with E-state index in [0.717, 1.165) is 0 Å². The van der Waals surface area contributed by atoms with Crippen LogP contribution in [0.2, 0.25) is 0 Å². The molecule has 4 nitrogen and oxygen atoms in total. The molecule has 0 saturated carbocycles. The summed E-state index contributed by atoms with van der Waals surface area (Å²) in [6, 6.07) is 4.86. The maximum absolute atomic E-state index is 11.8. The van der Waals surface area contributed by atoms with Crippen molar-refractivity contribution in [2.45, 2.75) is 18.7 Å². The minimum absolute atomic E-state index is 0.0419. The van der Waals surface area contributed by atoms with Crippen molar-refractivity contribution in [1.29, 1.82) is 0 Å². The molecule has 0 aliphatic rings. The van der Waals surface area contributed by atoms with Crippen LogP contribution in [0.1, 0.15) is 13.8 Å². The van der Waals surface area contributed by atoms with Crippen LogP contribution in [0.5, 0.6) is 11.5 Å². The molecule has 5 heteroatoms. The second kappa shape index (κ2) is 5.21. The highest BCUT2D eigenvalue weighted by molar-refractivity contribution is 7.91. The van der Waals surface area contributed by atoms with Gasteiger partial charge in [-0.05, 0) is 19.1 Å². The quantitative estimate of drug-likeness (QED) is 0.793. The highest BCUT2D eigenvalue weighted by Crippen LogP contribution is 2.34. The Morgan fingerprint density at radius 3 is 2.44 bits per heavy atom. The average Bonchev–Trinajstić information content (AvgIpc) is 2.29. The van der Waals surface area contributed by atoms with E-state index in [2.05, 4.69) is 0 Å². The van der Waals surface area contributed by atoms with Crippen LogP contribution < -0.4 is 9.47 Å². The molecular weight excluding hydrogens is 228 g/mol. The van der Waals surface area contributed by atoms with Gasteiger partial charge in [-0.25, -0.2) is 8.42 Å². The normalized spacial score (nSPS) is 11.2. The first-order valence-electron chi connectivity index (χ1n) is 5.09. The molecular formula is C11H16O4S. The van der Waals surface area contributed by atoms with Crippen LogP contribution in [0.15, 0.2) is 23.1 Å². The van der Waals surface area contributed by atoms with Gasteiger partial charge < -0.3 is 9.47 Å². The number of rotatable bonds is 5. The molecule has 0 aromatic heterocycles. The molecule has 0 unspecified atom stereocenters. The Morgan fingerprint density at radius 1 is 1.25 bits per heavy atom. The molecule has 0 heterocycles. The summed E-state index contributed by atoms with van der Waals surface area (Å²) in [6.07, 6.45) is 0. The molecule has 1 rings (SSSR count). The van der Waals surface area contributed by atoms with Gasteiger partial charge in [-0.2, -0.15) is 0 Å². The second-order valence-electron chi connectivity index (χ2n) is 3.12. The monoisotopic (exact) mass is 244 g/mol. The van der Waals surface area contributed by atoms with Crippen LogP contribution in [0.3, 0.4) is 0 Å². The molecule has 0 amide bonds. The molecule has 0 spiro atoms. The molecule has 1 aromatic carbocycles.